The number of ether oxygens (including phenoxy) is 4. The fraction of sp³-hybridized carbons (Fsp3) is 0.370. The third-order valence-electron chi connectivity index (χ3n) is 5.62. The van der Waals surface area contributed by atoms with E-state index in [-0.39, 0.29) is 0 Å². The first-order chi connectivity index (χ1) is 17.9. The number of rotatable bonds is 7. The minimum atomic E-state index is -1.82. The lowest BCUT2D eigenvalue weighted by Gasteiger charge is -2.41. The van der Waals surface area contributed by atoms with E-state index in [2.05, 4.69) is 17.2 Å². The highest BCUT2D eigenvalue weighted by Crippen LogP contribution is 2.27. The molecule has 3 rings (SSSR count). The average Bonchev–Trinajstić information content (AvgIpc) is 2.80. The second-order valence-corrected chi connectivity index (χ2v) is 9.13. The van der Waals surface area contributed by atoms with E-state index in [0.29, 0.717) is 11.4 Å². The van der Waals surface area contributed by atoms with Crippen molar-refractivity contribution in [2.24, 2.45) is 0 Å². The summed E-state index contributed by atoms with van der Waals surface area (Å²) >= 11 is 0. The summed E-state index contributed by atoms with van der Waals surface area (Å²) in [6.45, 7) is 10.2. The highest BCUT2D eigenvalue weighted by Gasteiger charge is 2.50. The minimum absolute atomic E-state index is 0.441. The Kier molecular flexibility index (Phi) is 9.45. The van der Waals surface area contributed by atoms with E-state index in [4.69, 9.17) is 18.9 Å². The number of esters is 1. The molecule has 1 heterocycles. The van der Waals surface area contributed by atoms with E-state index in [1.807, 2.05) is 39.8 Å². The van der Waals surface area contributed by atoms with Crippen LogP contribution in [0.5, 0.6) is 0 Å². The van der Waals surface area contributed by atoms with Crippen LogP contribution in [-0.2, 0) is 23.7 Å². The standard InChI is InChI=1S/C27H32N2O9/c1-6-21(30)35-13-20-22(31)23(37-26(33)28-18-9-14(2)7-15(3)10-18)24(25(32)36-20)38-27(34)29-19-11-16(4)8-17(5)12-19/h6-12,20,22-25,31-32H,1,13H2,2-5H3,(H,28,33)(H,29,34)/t20-,22-,23+,24-,25-/m1/s1. The number of amides is 2. The maximum Gasteiger partial charge on any atom is 0.412 e. The van der Waals surface area contributed by atoms with Gasteiger partial charge in [-0.05, 0) is 74.2 Å². The first-order valence-electron chi connectivity index (χ1n) is 11.9. The van der Waals surface area contributed by atoms with Gasteiger partial charge in [-0.3, -0.25) is 10.6 Å². The molecule has 204 valence electrons. The molecule has 1 aliphatic rings. The molecular formula is C27H32N2O9. The largest absolute Gasteiger partial charge is 0.460 e. The molecule has 1 saturated heterocycles. The molecular weight excluding hydrogens is 496 g/mol. The molecule has 0 spiro atoms. The van der Waals surface area contributed by atoms with Crippen molar-refractivity contribution in [1.29, 1.82) is 0 Å². The lowest BCUT2D eigenvalue weighted by Crippen LogP contribution is -2.61. The molecule has 2 aromatic rings. The van der Waals surface area contributed by atoms with Crippen LogP contribution in [0.2, 0.25) is 0 Å². The van der Waals surface area contributed by atoms with Crippen molar-refractivity contribution in [1.82, 2.24) is 0 Å². The van der Waals surface area contributed by atoms with Crippen LogP contribution in [0, 0.1) is 27.7 Å². The number of aliphatic hydroxyl groups is 2. The summed E-state index contributed by atoms with van der Waals surface area (Å²) in [5.41, 5.74) is 4.48. The fourth-order valence-corrected chi connectivity index (χ4v) is 4.16. The lowest BCUT2D eigenvalue weighted by molar-refractivity contribution is -0.284. The third kappa shape index (κ3) is 7.78. The fourth-order valence-electron chi connectivity index (χ4n) is 4.16. The van der Waals surface area contributed by atoms with Gasteiger partial charge < -0.3 is 29.2 Å². The second kappa shape index (κ2) is 12.5. The third-order valence-corrected chi connectivity index (χ3v) is 5.62. The van der Waals surface area contributed by atoms with E-state index in [1.54, 1.807) is 24.3 Å². The SMILES string of the molecule is C=CC(=O)OC[C@H]1O[C@@H](O)[C@H](OC(=O)Nc2cc(C)cc(C)c2)[C@@H](OC(=O)Nc2cc(C)cc(C)c2)[C@@H]1O. The van der Waals surface area contributed by atoms with Gasteiger partial charge >= 0.3 is 18.2 Å². The minimum Gasteiger partial charge on any atom is -0.460 e. The van der Waals surface area contributed by atoms with E-state index < -0.39 is 55.5 Å². The van der Waals surface area contributed by atoms with Crippen LogP contribution in [0.4, 0.5) is 21.0 Å². The van der Waals surface area contributed by atoms with Crippen molar-refractivity contribution in [2.45, 2.75) is 58.4 Å². The quantitative estimate of drug-likeness (QED) is 0.241. The van der Waals surface area contributed by atoms with Crippen molar-refractivity contribution in [3.05, 3.63) is 71.3 Å². The highest BCUT2D eigenvalue weighted by atomic mass is 16.7. The smallest absolute Gasteiger partial charge is 0.412 e. The van der Waals surface area contributed by atoms with Gasteiger partial charge in [0.15, 0.2) is 18.5 Å². The van der Waals surface area contributed by atoms with E-state index >= 15 is 0 Å². The Bertz CT molecular complexity index is 1160. The maximum absolute atomic E-state index is 12.8. The summed E-state index contributed by atoms with van der Waals surface area (Å²) in [4.78, 5) is 36.9. The van der Waals surface area contributed by atoms with E-state index in [9.17, 15) is 24.6 Å². The van der Waals surface area contributed by atoms with Crippen molar-refractivity contribution >= 4 is 29.5 Å². The van der Waals surface area contributed by atoms with Crippen LogP contribution in [0.3, 0.4) is 0 Å². The normalized spacial score (nSPS) is 22.6. The molecule has 0 radical (unpaired) electrons. The van der Waals surface area contributed by atoms with Gasteiger partial charge in [-0.15, -0.1) is 0 Å². The monoisotopic (exact) mass is 528 g/mol. The van der Waals surface area contributed by atoms with Crippen molar-refractivity contribution in [3.8, 4) is 0 Å². The Labute approximate surface area is 220 Å². The summed E-state index contributed by atoms with van der Waals surface area (Å²) in [6, 6.07) is 10.7. The molecule has 2 aromatic carbocycles. The molecule has 1 aliphatic heterocycles. The Balaban J connectivity index is 1.78. The van der Waals surface area contributed by atoms with Crippen LogP contribution >= 0.6 is 0 Å². The van der Waals surface area contributed by atoms with Gasteiger partial charge in [-0.25, -0.2) is 14.4 Å². The van der Waals surface area contributed by atoms with Crippen LogP contribution in [0.25, 0.3) is 0 Å². The van der Waals surface area contributed by atoms with Crippen molar-refractivity contribution in [3.63, 3.8) is 0 Å². The molecule has 4 N–H and O–H groups in total. The molecule has 38 heavy (non-hydrogen) atoms. The van der Waals surface area contributed by atoms with E-state index in [1.165, 1.54) is 0 Å². The number of nitrogens with one attached hydrogen (secondary N) is 2. The van der Waals surface area contributed by atoms with Crippen LogP contribution in [0.15, 0.2) is 49.1 Å². The molecule has 11 heteroatoms. The second-order valence-electron chi connectivity index (χ2n) is 9.13. The Morgan fingerprint density at radius 2 is 1.29 bits per heavy atom. The lowest BCUT2D eigenvalue weighted by atomic mass is 9.99. The van der Waals surface area contributed by atoms with Crippen LogP contribution in [-0.4, -0.2) is 65.7 Å². The summed E-state index contributed by atoms with van der Waals surface area (Å²) in [7, 11) is 0. The van der Waals surface area contributed by atoms with Gasteiger partial charge in [0.25, 0.3) is 0 Å². The molecule has 0 aliphatic carbocycles. The zero-order valence-corrected chi connectivity index (χ0v) is 21.6. The Hall–Kier alpha value is -3.93. The van der Waals surface area contributed by atoms with Crippen LogP contribution in [0.1, 0.15) is 22.3 Å². The zero-order valence-electron chi connectivity index (χ0n) is 21.6. The van der Waals surface area contributed by atoms with Gasteiger partial charge in [-0.1, -0.05) is 18.7 Å². The van der Waals surface area contributed by atoms with Crippen molar-refractivity contribution < 1.29 is 43.5 Å². The number of benzene rings is 2. The summed E-state index contributed by atoms with van der Waals surface area (Å²) in [6.07, 6.45) is -8.99. The summed E-state index contributed by atoms with van der Waals surface area (Å²) in [5.74, 6) is -0.786. The molecule has 5 atom stereocenters. The topological polar surface area (TPSA) is 153 Å². The number of carbonyl (C=O) groups excluding carboxylic acids is 3. The number of aliphatic hydroxyl groups excluding tert-OH is 2. The van der Waals surface area contributed by atoms with Gasteiger partial charge in [-0.2, -0.15) is 0 Å². The highest BCUT2D eigenvalue weighted by molar-refractivity contribution is 5.86. The first kappa shape index (κ1) is 28.6. The van der Waals surface area contributed by atoms with Gasteiger partial charge in [0.1, 0.15) is 18.8 Å². The molecule has 0 aromatic heterocycles. The van der Waals surface area contributed by atoms with E-state index in [0.717, 1.165) is 28.3 Å². The van der Waals surface area contributed by atoms with Gasteiger partial charge in [0.2, 0.25) is 0 Å². The molecule has 0 bridgehead atoms. The first-order valence-corrected chi connectivity index (χ1v) is 11.9. The molecule has 0 saturated carbocycles. The zero-order chi connectivity index (χ0) is 28.0. The number of anilines is 2. The molecule has 1 fully saturated rings. The maximum atomic E-state index is 12.8. The van der Waals surface area contributed by atoms with Crippen LogP contribution < -0.4 is 10.6 Å². The molecule has 11 nitrogen and oxygen atoms in total. The summed E-state index contributed by atoms with van der Waals surface area (Å²) in [5, 5.41) is 26.6. The Morgan fingerprint density at radius 1 is 0.842 bits per heavy atom. The van der Waals surface area contributed by atoms with Crippen molar-refractivity contribution in [2.75, 3.05) is 17.2 Å². The predicted octanol–water partition coefficient (Wildman–Crippen LogP) is 3.26. The average molecular weight is 529 g/mol. The number of hydrogen-bond donors (Lipinski definition) is 4. The summed E-state index contributed by atoms with van der Waals surface area (Å²) < 4.78 is 21.0. The Morgan fingerprint density at radius 3 is 1.74 bits per heavy atom. The van der Waals surface area contributed by atoms with Gasteiger partial charge in [0.05, 0.1) is 0 Å². The van der Waals surface area contributed by atoms with Gasteiger partial charge in [0, 0.05) is 17.5 Å². The molecule has 2 amide bonds. The number of hydrogen-bond acceptors (Lipinski definition) is 9. The number of aryl methyl sites for hydroxylation is 4. The number of carbonyl (C=O) groups is 3. The molecule has 0 unspecified atom stereocenters. The predicted molar refractivity (Wildman–Crippen MR) is 138 cm³/mol.